The van der Waals surface area contributed by atoms with Crippen molar-refractivity contribution in [2.45, 2.75) is 6.92 Å². The summed E-state index contributed by atoms with van der Waals surface area (Å²) in [6.07, 6.45) is 0. The average molecular weight is 175 g/mol. The number of aryl methyl sites for hydroxylation is 1. The second kappa shape index (κ2) is 4.54. The molecule has 68 valence electrons. The van der Waals surface area contributed by atoms with Gasteiger partial charge in [0.2, 0.25) is 0 Å². The van der Waals surface area contributed by atoms with Crippen molar-refractivity contribution in [2.75, 3.05) is 13.7 Å². The van der Waals surface area contributed by atoms with E-state index in [-0.39, 0.29) is 0 Å². The fourth-order valence-corrected chi connectivity index (χ4v) is 1.05. The fourth-order valence-electron chi connectivity index (χ4n) is 1.05. The largest absolute Gasteiger partial charge is 0.495 e. The summed E-state index contributed by atoms with van der Waals surface area (Å²) >= 11 is 0. The first-order valence-electron chi connectivity index (χ1n) is 4.11. The Morgan fingerprint density at radius 1 is 1.46 bits per heavy atom. The second-order valence-corrected chi connectivity index (χ2v) is 2.71. The van der Waals surface area contributed by atoms with E-state index in [4.69, 9.17) is 10.5 Å². The molecule has 2 N–H and O–H groups in total. The lowest BCUT2D eigenvalue weighted by Gasteiger charge is -2.03. The number of methoxy groups -OCH3 is 1. The number of benzene rings is 1. The molecule has 0 spiro atoms. The molecule has 0 heterocycles. The van der Waals surface area contributed by atoms with E-state index >= 15 is 0 Å². The molecule has 0 aliphatic carbocycles. The molecule has 1 aromatic rings. The minimum absolute atomic E-state index is 0.372. The summed E-state index contributed by atoms with van der Waals surface area (Å²) in [6.45, 7) is 2.39. The molecule has 0 unspecified atom stereocenters. The number of nitrogens with two attached hydrogens (primary N) is 1. The van der Waals surface area contributed by atoms with Crippen molar-refractivity contribution in [2.24, 2.45) is 5.73 Å². The Morgan fingerprint density at radius 2 is 2.23 bits per heavy atom. The van der Waals surface area contributed by atoms with Gasteiger partial charge in [0.25, 0.3) is 0 Å². The Morgan fingerprint density at radius 3 is 2.85 bits per heavy atom. The second-order valence-electron chi connectivity index (χ2n) is 2.71. The minimum Gasteiger partial charge on any atom is -0.495 e. The highest BCUT2D eigenvalue weighted by atomic mass is 16.5. The van der Waals surface area contributed by atoms with Gasteiger partial charge in [0, 0.05) is 0 Å². The van der Waals surface area contributed by atoms with Gasteiger partial charge >= 0.3 is 0 Å². The summed E-state index contributed by atoms with van der Waals surface area (Å²) in [4.78, 5) is 0. The first-order chi connectivity index (χ1) is 6.27. The molecule has 0 bridgehead atoms. The van der Waals surface area contributed by atoms with E-state index in [0.29, 0.717) is 6.54 Å². The summed E-state index contributed by atoms with van der Waals surface area (Å²) in [5.74, 6) is 6.55. The van der Waals surface area contributed by atoms with E-state index in [0.717, 1.165) is 16.9 Å². The van der Waals surface area contributed by atoms with Crippen molar-refractivity contribution < 1.29 is 4.74 Å². The lowest BCUT2D eigenvalue weighted by atomic mass is 10.1. The minimum atomic E-state index is 0.372. The van der Waals surface area contributed by atoms with Crippen molar-refractivity contribution in [1.29, 1.82) is 0 Å². The van der Waals surface area contributed by atoms with E-state index in [9.17, 15) is 0 Å². The number of ether oxygens (including phenoxy) is 1. The zero-order valence-electron chi connectivity index (χ0n) is 7.92. The van der Waals surface area contributed by atoms with Crippen LogP contribution in [0.4, 0.5) is 0 Å². The maximum absolute atomic E-state index is 5.28. The Hall–Kier alpha value is -1.46. The van der Waals surface area contributed by atoms with Crippen molar-refractivity contribution in [3.05, 3.63) is 29.3 Å². The van der Waals surface area contributed by atoms with Crippen LogP contribution < -0.4 is 10.5 Å². The van der Waals surface area contributed by atoms with Crippen LogP contribution in [0.5, 0.6) is 5.75 Å². The third kappa shape index (κ3) is 2.50. The lowest BCUT2D eigenvalue weighted by molar-refractivity contribution is 0.413. The first kappa shape index (κ1) is 9.63. The first-order valence-corrected chi connectivity index (χ1v) is 4.11. The van der Waals surface area contributed by atoms with Crippen molar-refractivity contribution >= 4 is 0 Å². The van der Waals surface area contributed by atoms with Gasteiger partial charge in [-0.15, -0.1) is 0 Å². The third-order valence-corrected chi connectivity index (χ3v) is 1.68. The summed E-state index contributed by atoms with van der Waals surface area (Å²) in [5.41, 5.74) is 7.33. The highest BCUT2D eigenvalue weighted by molar-refractivity contribution is 5.47. The standard InChI is InChI=1S/C11H13NO/c1-9-5-6-10(4-3-7-12)11(8-9)13-2/h5-6,8H,7,12H2,1-2H3. The molecule has 0 aliphatic heterocycles. The molecule has 13 heavy (non-hydrogen) atoms. The van der Waals surface area contributed by atoms with Gasteiger partial charge in [-0.1, -0.05) is 17.9 Å². The lowest BCUT2D eigenvalue weighted by Crippen LogP contribution is -1.94. The maximum Gasteiger partial charge on any atom is 0.134 e. The predicted octanol–water partition coefficient (Wildman–Crippen LogP) is 1.31. The van der Waals surface area contributed by atoms with Gasteiger partial charge in [0.1, 0.15) is 5.75 Å². The Bertz CT molecular complexity index is 347. The van der Waals surface area contributed by atoms with Crippen LogP contribution in [-0.2, 0) is 0 Å². The predicted molar refractivity (Wildman–Crippen MR) is 53.7 cm³/mol. The zero-order chi connectivity index (χ0) is 9.68. The van der Waals surface area contributed by atoms with Crippen LogP contribution in [-0.4, -0.2) is 13.7 Å². The summed E-state index contributed by atoms with van der Waals surface area (Å²) in [6, 6.07) is 5.90. The van der Waals surface area contributed by atoms with Crippen LogP contribution in [0.15, 0.2) is 18.2 Å². The van der Waals surface area contributed by atoms with Crippen molar-refractivity contribution in [3.63, 3.8) is 0 Å². The van der Waals surface area contributed by atoms with Crippen molar-refractivity contribution in [1.82, 2.24) is 0 Å². The van der Waals surface area contributed by atoms with Gasteiger partial charge in [0.05, 0.1) is 19.2 Å². The van der Waals surface area contributed by atoms with Crippen LogP contribution in [0.2, 0.25) is 0 Å². The maximum atomic E-state index is 5.28. The molecule has 2 nitrogen and oxygen atoms in total. The van der Waals surface area contributed by atoms with Crippen LogP contribution >= 0.6 is 0 Å². The van der Waals surface area contributed by atoms with Crippen LogP contribution in [0.3, 0.4) is 0 Å². The number of rotatable bonds is 1. The third-order valence-electron chi connectivity index (χ3n) is 1.68. The van der Waals surface area contributed by atoms with Gasteiger partial charge in [0.15, 0.2) is 0 Å². The summed E-state index contributed by atoms with van der Waals surface area (Å²) in [5, 5.41) is 0. The SMILES string of the molecule is COc1cc(C)ccc1C#CCN. The van der Waals surface area contributed by atoms with Crippen LogP contribution in [0.25, 0.3) is 0 Å². The van der Waals surface area contributed by atoms with Crippen molar-refractivity contribution in [3.8, 4) is 17.6 Å². The molecule has 1 aromatic carbocycles. The zero-order valence-corrected chi connectivity index (χ0v) is 7.92. The summed E-state index contributed by atoms with van der Waals surface area (Å²) < 4.78 is 5.18. The molecular formula is C11H13NO. The Labute approximate surface area is 78.7 Å². The molecule has 2 heteroatoms. The highest BCUT2D eigenvalue weighted by Gasteiger charge is 1.98. The fraction of sp³-hybridized carbons (Fsp3) is 0.273. The van der Waals surface area contributed by atoms with Gasteiger partial charge in [-0.25, -0.2) is 0 Å². The van der Waals surface area contributed by atoms with Gasteiger partial charge < -0.3 is 10.5 Å². The molecule has 1 rings (SSSR count). The Balaban J connectivity index is 3.06. The molecule has 0 atom stereocenters. The van der Waals surface area contributed by atoms with E-state index < -0.39 is 0 Å². The van der Waals surface area contributed by atoms with E-state index in [1.165, 1.54) is 0 Å². The van der Waals surface area contributed by atoms with E-state index in [2.05, 4.69) is 11.8 Å². The van der Waals surface area contributed by atoms with Gasteiger partial charge in [-0.2, -0.15) is 0 Å². The molecule has 0 amide bonds. The van der Waals surface area contributed by atoms with Crippen LogP contribution in [0, 0.1) is 18.8 Å². The monoisotopic (exact) mass is 175 g/mol. The molecule has 0 radical (unpaired) electrons. The van der Waals surface area contributed by atoms with Crippen LogP contribution in [0.1, 0.15) is 11.1 Å². The molecule has 0 saturated carbocycles. The molecule has 0 aromatic heterocycles. The quantitative estimate of drug-likeness (QED) is 0.653. The van der Waals surface area contributed by atoms with E-state index in [1.807, 2.05) is 25.1 Å². The molecule has 0 fully saturated rings. The topological polar surface area (TPSA) is 35.2 Å². The molecule has 0 saturated heterocycles. The molecule has 0 aliphatic rings. The normalized spacial score (nSPS) is 8.85. The smallest absolute Gasteiger partial charge is 0.134 e. The number of hydrogen-bond donors (Lipinski definition) is 1. The van der Waals surface area contributed by atoms with E-state index in [1.54, 1.807) is 7.11 Å². The summed E-state index contributed by atoms with van der Waals surface area (Å²) in [7, 11) is 1.64. The molecular weight excluding hydrogens is 162 g/mol. The average Bonchev–Trinajstić information content (AvgIpc) is 2.16. The van der Waals surface area contributed by atoms with Gasteiger partial charge in [-0.05, 0) is 24.6 Å². The number of hydrogen-bond acceptors (Lipinski definition) is 2. The Kier molecular flexibility index (Phi) is 3.36. The van der Waals surface area contributed by atoms with Gasteiger partial charge in [-0.3, -0.25) is 0 Å². The highest BCUT2D eigenvalue weighted by Crippen LogP contribution is 2.18.